The Balaban J connectivity index is 2.52. The lowest BCUT2D eigenvalue weighted by Crippen LogP contribution is -2.36. The number of methoxy groups -OCH3 is 1. The van der Waals surface area contributed by atoms with Crippen molar-refractivity contribution in [1.29, 1.82) is 5.26 Å². The highest BCUT2D eigenvalue weighted by Crippen LogP contribution is 2.12. The SMILES string of the molecule is COCCN(CCC#N)CC(=O)Nc1ccccc1F. The number of carbonyl (C=O) groups is 1. The van der Waals surface area contributed by atoms with Crippen LogP contribution in [0.1, 0.15) is 6.42 Å². The summed E-state index contributed by atoms with van der Waals surface area (Å²) in [5.74, 6) is -0.787. The molecule has 1 aromatic carbocycles. The number of halogens is 1. The van der Waals surface area contributed by atoms with E-state index in [1.165, 1.54) is 12.1 Å². The highest BCUT2D eigenvalue weighted by Gasteiger charge is 2.12. The van der Waals surface area contributed by atoms with E-state index in [0.29, 0.717) is 26.1 Å². The lowest BCUT2D eigenvalue weighted by molar-refractivity contribution is -0.117. The van der Waals surface area contributed by atoms with E-state index in [0.717, 1.165) is 0 Å². The summed E-state index contributed by atoms with van der Waals surface area (Å²) in [6.07, 6.45) is 0.330. The molecule has 1 aromatic rings. The third-order valence-corrected chi connectivity index (χ3v) is 2.67. The molecular weight excluding hydrogens is 261 g/mol. The lowest BCUT2D eigenvalue weighted by Gasteiger charge is -2.20. The molecule has 0 spiro atoms. The first-order chi connectivity index (χ1) is 9.67. The minimum atomic E-state index is -0.471. The van der Waals surface area contributed by atoms with E-state index in [9.17, 15) is 9.18 Å². The molecular formula is C14H18FN3O2. The largest absolute Gasteiger partial charge is 0.383 e. The molecule has 6 heteroatoms. The number of rotatable bonds is 8. The maximum Gasteiger partial charge on any atom is 0.238 e. The number of nitriles is 1. The molecule has 5 nitrogen and oxygen atoms in total. The summed E-state index contributed by atoms with van der Waals surface area (Å²) in [6.45, 7) is 1.59. The number of nitrogens with one attached hydrogen (secondary N) is 1. The minimum Gasteiger partial charge on any atom is -0.383 e. The Morgan fingerprint density at radius 3 is 2.85 bits per heavy atom. The van der Waals surface area contributed by atoms with Crippen LogP contribution in [0.25, 0.3) is 0 Å². The Hall–Kier alpha value is -1.97. The van der Waals surface area contributed by atoms with Crippen molar-refractivity contribution in [2.45, 2.75) is 6.42 Å². The zero-order valence-corrected chi connectivity index (χ0v) is 11.4. The fourth-order valence-corrected chi connectivity index (χ4v) is 1.65. The molecule has 0 bridgehead atoms. The average Bonchev–Trinajstić information content (AvgIpc) is 2.44. The Morgan fingerprint density at radius 1 is 1.45 bits per heavy atom. The van der Waals surface area contributed by atoms with Gasteiger partial charge in [0.05, 0.1) is 24.9 Å². The molecule has 0 atom stereocenters. The van der Waals surface area contributed by atoms with Gasteiger partial charge in [-0.05, 0) is 12.1 Å². The predicted molar refractivity (Wildman–Crippen MR) is 73.6 cm³/mol. The Morgan fingerprint density at radius 2 is 2.20 bits per heavy atom. The molecule has 0 radical (unpaired) electrons. The highest BCUT2D eigenvalue weighted by molar-refractivity contribution is 5.92. The number of carbonyl (C=O) groups excluding carboxylic acids is 1. The van der Waals surface area contributed by atoms with Gasteiger partial charge in [0.15, 0.2) is 0 Å². The van der Waals surface area contributed by atoms with Crippen LogP contribution in [0.2, 0.25) is 0 Å². The monoisotopic (exact) mass is 279 g/mol. The second-order valence-corrected chi connectivity index (χ2v) is 4.21. The molecule has 0 aliphatic heterocycles. The molecule has 20 heavy (non-hydrogen) atoms. The molecule has 1 N–H and O–H groups in total. The summed E-state index contributed by atoms with van der Waals surface area (Å²) in [5.41, 5.74) is 0.157. The summed E-state index contributed by atoms with van der Waals surface area (Å²) in [7, 11) is 1.57. The van der Waals surface area contributed by atoms with Crippen LogP contribution >= 0.6 is 0 Å². The zero-order valence-electron chi connectivity index (χ0n) is 11.4. The summed E-state index contributed by atoms with van der Waals surface area (Å²) in [5, 5.41) is 11.1. The van der Waals surface area contributed by atoms with Crippen LogP contribution in [0.4, 0.5) is 10.1 Å². The molecule has 1 amide bonds. The lowest BCUT2D eigenvalue weighted by atomic mass is 10.3. The Bertz CT molecular complexity index is 474. The van der Waals surface area contributed by atoms with E-state index in [1.54, 1.807) is 24.1 Å². The molecule has 1 rings (SSSR count). The molecule has 0 aliphatic carbocycles. The van der Waals surface area contributed by atoms with Crippen LogP contribution in [0, 0.1) is 17.1 Å². The number of benzene rings is 1. The maximum absolute atomic E-state index is 13.4. The number of ether oxygens (including phenoxy) is 1. The van der Waals surface area contributed by atoms with Gasteiger partial charge in [-0.1, -0.05) is 12.1 Å². The first-order valence-electron chi connectivity index (χ1n) is 6.30. The van der Waals surface area contributed by atoms with Gasteiger partial charge >= 0.3 is 0 Å². The summed E-state index contributed by atoms with van der Waals surface area (Å²) >= 11 is 0. The smallest absolute Gasteiger partial charge is 0.238 e. The fourth-order valence-electron chi connectivity index (χ4n) is 1.65. The minimum absolute atomic E-state index is 0.0966. The van der Waals surface area contributed by atoms with Gasteiger partial charge in [0.25, 0.3) is 0 Å². The normalized spacial score (nSPS) is 10.3. The first-order valence-corrected chi connectivity index (χ1v) is 6.30. The van der Waals surface area contributed by atoms with Crippen molar-refractivity contribution in [3.8, 4) is 6.07 Å². The second kappa shape index (κ2) is 9.02. The van der Waals surface area contributed by atoms with Gasteiger partial charge in [-0.25, -0.2) is 4.39 Å². The number of hydrogen-bond donors (Lipinski definition) is 1. The number of anilines is 1. The summed E-state index contributed by atoms with van der Waals surface area (Å²) in [6, 6.07) is 8.03. The fraction of sp³-hybridized carbons (Fsp3) is 0.429. The van der Waals surface area contributed by atoms with Gasteiger partial charge < -0.3 is 10.1 Å². The van der Waals surface area contributed by atoms with Crippen molar-refractivity contribution in [2.75, 3.05) is 38.7 Å². The Kier molecular flexibility index (Phi) is 7.25. The van der Waals surface area contributed by atoms with Crippen molar-refractivity contribution in [3.63, 3.8) is 0 Å². The topological polar surface area (TPSA) is 65.4 Å². The first kappa shape index (κ1) is 16.1. The van der Waals surface area contributed by atoms with E-state index in [4.69, 9.17) is 10.00 Å². The number of amides is 1. The van der Waals surface area contributed by atoms with Gasteiger partial charge in [0.2, 0.25) is 5.91 Å². The molecule has 0 aliphatic rings. The highest BCUT2D eigenvalue weighted by atomic mass is 19.1. The zero-order chi connectivity index (χ0) is 14.8. The third kappa shape index (κ3) is 5.78. The van der Waals surface area contributed by atoms with E-state index in [1.807, 2.05) is 6.07 Å². The number of hydrogen-bond acceptors (Lipinski definition) is 4. The van der Waals surface area contributed by atoms with Crippen molar-refractivity contribution in [2.24, 2.45) is 0 Å². The van der Waals surface area contributed by atoms with Crippen LogP contribution < -0.4 is 5.32 Å². The average molecular weight is 279 g/mol. The predicted octanol–water partition coefficient (Wildman–Crippen LogP) is 1.63. The summed E-state index contributed by atoms with van der Waals surface area (Å²) < 4.78 is 18.4. The molecule has 0 unspecified atom stereocenters. The quantitative estimate of drug-likeness (QED) is 0.785. The van der Waals surface area contributed by atoms with E-state index >= 15 is 0 Å². The van der Waals surface area contributed by atoms with Crippen LogP contribution in [0.15, 0.2) is 24.3 Å². The number of para-hydroxylation sites is 1. The van der Waals surface area contributed by atoms with Crippen LogP contribution in [0.3, 0.4) is 0 Å². The molecule has 0 saturated heterocycles. The van der Waals surface area contributed by atoms with Gasteiger partial charge in [-0.15, -0.1) is 0 Å². The Labute approximate surface area is 117 Å². The van der Waals surface area contributed by atoms with Crippen molar-refractivity contribution in [3.05, 3.63) is 30.1 Å². The molecule has 0 fully saturated rings. The molecule has 0 aromatic heterocycles. The van der Waals surface area contributed by atoms with Crippen molar-refractivity contribution < 1.29 is 13.9 Å². The van der Waals surface area contributed by atoms with E-state index in [2.05, 4.69) is 5.32 Å². The van der Waals surface area contributed by atoms with Crippen LogP contribution in [0.5, 0.6) is 0 Å². The third-order valence-electron chi connectivity index (χ3n) is 2.67. The van der Waals surface area contributed by atoms with E-state index in [-0.39, 0.29) is 18.1 Å². The van der Waals surface area contributed by atoms with Crippen molar-refractivity contribution >= 4 is 11.6 Å². The van der Waals surface area contributed by atoms with Crippen molar-refractivity contribution in [1.82, 2.24) is 4.90 Å². The van der Waals surface area contributed by atoms with Crippen LogP contribution in [-0.2, 0) is 9.53 Å². The second-order valence-electron chi connectivity index (χ2n) is 4.21. The van der Waals surface area contributed by atoms with Crippen LogP contribution in [-0.4, -0.2) is 44.2 Å². The van der Waals surface area contributed by atoms with Gasteiger partial charge in [0, 0.05) is 26.6 Å². The van der Waals surface area contributed by atoms with Gasteiger partial charge in [-0.3, -0.25) is 9.69 Å². The number of nitrogens with zero attached hydrogens (tertiary/aromatic N) is 2. The molecule has 108 valence electrons. The summed E-state index contributed by atoms with van der Waals surface area (Å²) in [4.78, 5) is 13.7. The molecule has 0 saturated carbocycles. The molecule has 0 heterocycles. The van der Waals surface area contributed by atoms with Gasteiger partial charge in [0.1, 0.15) is 5.82 Å². The van der Waals surface area contributed by atoms with E-state index < -0.39 is 5.82 Å². The standard InChI is InChI=1S/C14H18FN3O2/c1-20-10-9-18(8-4-7-16)11-14(19)17-13-6-3-2-5-12(13)15/h2-3,5-6H,4,8-11H2,1H3,(H,17,19). The van der Waals surface area contributed by atoms with Gasteiger partial charge in [-0.2, -0.15) is 5.26 Å². The maximum atomic E-state index is 13.4.